The summed E-state index contributed by atoms with van der Waals surface area (Å²) < 4.78 is 41.0. The van der Waals surface area contributed by atoms with Crippen molar-refractivity contribution in [1.29, 1.82) is 0 Å². The van der Waals surface area contributed by atoms with E-state index < -0.39 is 16.5 Å². The predicted octanol–water partition coefficient (Wildman–Crippen LogP) is 4.39. The van der Waals surface area contributed by atoms with Crippen molar-refractivity contribution in [2.24, 2.45) is 0 Å². The zero-order chi connectivity index (χ0) is 17.0. The molecule has 23 heavy (non-hydrogen) atoms. The predicted molar refractivity (Wildman–Crippen MR) is 91.0 cm³/mol. The monoisotopic (exact) mass is 344 g/mol. The third-order valence-corrected chi connectivity index (χ3v) is 4.08. The van der Waals surface area contributed by atoms with Crippen molar-refractivity contribution in [3.8, 4) is 5.75 Å². The molecule has 1 aromatic rings. The lowest BCUT2D eigenvalue weighted by Crippen LogP contribution is -2.25. The Morgan fingerprint density at radius 1 is 1.00 bits per heavy atom. The fraction of sp³-hybridized carbons (Fsp3) is 0.647. The SMILES string of the molecule is CCCCCCCCCC(COc1ccccc1)OS(=O)(=O)O. The van der Waals surface area contributed by atoms with Gasteiger partial charge in [0.1, 0.15) is 18.5 Å². The summed E-state index contributed by atoms with van der Waals surface area (Å²) in [7, 11) is -4.46. The average molecular weight is 344 g/mol. The highest BCUT2D eigenvalue weighted by Crippen LogP contribution is 2.15. The minimum absolute atomic E-state index is 0.0969. The third kappa shape index (κ3) is 11.1. The molecule has 0 radical (unpaired) electrons. The van der Waals surface area contributed by atoms with Crippen LogP contribution in [0.2, 0.25) is 0 Å². The third-order valence-electron chi connectivity index (χ3n) is 3.57. The molecule has 6 heteroatoms. The molecule has 0 spiro atoms. The first-order valence-electron chi connectivity index (χ1n) is 8.35. The topological polar surface area (TPSA) is 72.8 Å². The molecular weight excluding hydrogens is 316 g/mol. The summed E-state index contributed by atoms with van der Waals surface area (Å²) in [4.78, 5) is 0. The molecule has 0 fully saturated rings. The molecule has 0 aliphatic heterocycles. The van der Waals surface area contributed by atoms with Gasteiger partial charge in [0.25, 0.3) is 0 Å². The minimum Gasteiger partial charge on any atom is -0.491 e. The van der Waals surface area contributed by atoms with Gasteiger partial charge in [-0.3, -0.25) is 4.55 Å². The summed E-state index contributed by atoms with van der Waals surface area (Å²) in [6.45, 7) is 2.28. The van der Waals surface area contributed by atoms with Crippen LogP contribution < -0.4 is 4.74 Å². The summed E-state index contributed by atoms with van der Waals surface area (Å²) in [5.41, 5.74) is 0. The van der Waals surface area contributed by atoms with E-state index in [1.54, 1.807) is 12.1 Å². The molecule has 0 saturated carbocycles. The second kappa shape index (κ2) is 11.4. The highest BCUT2D eigenvalue weighted by atomic mass is 32.3. The van der Waals surface area contributed by atoms with Crippen LogP contribution >= 0.6 is 0 Å². The Labute approximate surface area is 140 Å². The van der Waals surface area contributed by atoms with Crippen LogP contribution in [-0.2, 0) is 14.6 Å². The van der Waals surface area contributed by atoms with Crippen molar-refractivity contribution in [2.75, 3.05) is 6.61 Å². The molecule has 0 heterocycles. The zero-order valence-corrected chi connectivity index (χ0v) is 14.6. The van der Waals surface area contributed by atoms with Gasteiger partial charge in [0, 0.05) is 0 Å². The minimum atomic E-state index is -4.46. The molecule has 1 rings (SSSR count). The van der Waals surface area contributed by atoms with Gasteiger partial charge in [0.05, 0.1) is 0 Å². The Balaban J connectivity index is 2.31. The molecule has 0 aromatic heterocycles. The van der Waals surface area contributed by atoms with E-state index in [0.29, 0.717) is 12.2 Å². The van der Waals surface area contributed by atoms with Crippen molar-refractivity contribution < 1.29 is 21.9 Å². The maximum Gasteiger partial charge on any atom is 0.397 e. The number of rotatable bonds is 13. The largest absolute Gasteiger partial charge is 0.491 e. The number of benzene rings is 1. The van der Waals surface area contributed by atoms with Gasteiger partial charge in [-0.1, -0.05) is 70.1 Å². The van der Waals surface area contributed by atoms with E-state index in [1.807, 2.05) is 18.2 Å². The van der Waals surface area contributed by atoms with E-state index in [9.17, 15) is 8.42 Å². The summed E-state index contributed by atoms with van der Waals surface area (Å²) in [6, 6.07) is 9.13. The van der Waals surface area contributed by atoms with Gasteiger partial charge < -0.3 is 4.74 Å². The molecular formula is C17H28O5S. The van der Waals surface area contributed by atoms with Crippen molar-refractivity contribution >= 4 is 10.4 Å². The highest BCUT2D eigenvalue weighted by molar-refractivity contribution is 7.80. The number of ether oxygens (including phenoxy) is 1. The van der Waals surface area contributed by atoms with E-state index >= 15 is 0 Å². The lowest BCUT2D eigenvalue weighted by atomic mass is 10.1. The molecule has 0 aliphatic rings. The van der Waals surface area contributed by atoms with Gasteiger partial charge in [-0.05, 0) is 18.6 Å². The zero-order valence-electron chi connectivity index (χ0n) is 13.8. The van der Waals surface area contributed by atoms with Crippen molar-refractivity contribution in [3.05, 3.63) is 30.3 Å². The fourth-order valence-electron chi connectivity index (χ4n) is 2.37. The molecule has 5 nitrogen and oxygen atoms in total. The van der Waals surface area contributed by atoms with Crippen molar-refractivity contribution in [3.63, 3.8) is 0 Å². The van der Waals surface area contributed by atoms with Crippen LogP contribution in [0.3, 0.4) is 0 Å². The normalized spacial score (nSPS) is 13.0. The molecule has 1 atom stereocenters. The van der Waals surface area contributed by atoms with Crippen LogP contribution in [0.4, 0.5) is 0 Å². The molecule has 0 aliphatic carbocycles. The van der Waals surface area contributed by atoms with Gasteiger partial charge in [0.15, 0.2) is 0 Å². The molecule has 1 aromatic carbocycles. The maximum atomic E-state index is 10.9. The smallest absolute Gasteiger partial charge is 0.397 e. The maximum absolute atomic E-state index is 10.9. The molecule has 0 bridgehead atoms. The fourth-order valence-corrected chi connectivity index (χ4v) is 2.86. The van der Waals surface area contributed by atoms with E-state index in [2.05, 4.69) is 6.92 Å². The molecule has 1 unspecified atom stereocenters. The quantitative estimate of drug-likeness (QED) is 0.424. The van der Waals surface area contributed by atoms with Gasteiger partial charge in [-0.15, -0.1) is 0 Å². The van der Waals surface area contributed by atoms with Crippen molar-refractivity contribution in [1.82, 2.24) is 0 Å². The Morgan fingerprint density at radius 2 is 1.61 bits per heavy atom. The van der Waals surface area contributed by atoms with Gasteiger partial charge in [-0.2, -0.15) is 8.42 Å². The standard InChI is InChI=1S/C17H28O5S/c1-2-3-4-5-6-7-9-14-17(22-23(18,19)20)15-21-16-12-10-8-11-13-16/h8,10-13,17H,2-7,9,14-15H2,1H3,(H,18,19,20). The van der Waals surface area contributed by atoms with Crippen LogP contribution in [0.15, 0.2) is 30.3 Å². The first-order chi connectivity index (χ1) is 11.0. The molecule has 0 saturated heterocycles. The molecule has 132 valence electrons. The average Bonchev–Trinajstić information content (AvgIpc) is 2.51. The first kappa shape index (κ1) is 19.9. The Hall–Kier alpha value is -1.11. The number of para-hydroxylation sites is 1. The van der Waals surface area contributed by atoms with E-state index in [-0.39, 0.29) is 6.61 Å². The lowest BCUT2D eigenvalue weighted by Gasteiger charge is -2.16. The summed E-state index contributed by atoms with van der Waals surface area (Å²) >= 11 is 0. The molecule has 1 N–H and O–H groups in total. The van der Waals surface area contributed by atoms with Gasteiger partial charge in [-0.25, -0.2) is 4.18 Å². The Bertz CT molecular complexity index is 501. The first-order valence-corrected chi connectivity index (χ1v) is 9.71. The number of hydrogen-bond acceptors (Lipinski definition) is 4. The van der Waals surface area contributed by atoms with Crippen LogP contribution in [0.1, 0.15) is 58.3 Å². The van der Waals surface area contributed by atoms with Crippen LogP contribution in [0, 0.1) is 0 Å². The number of hydrogen-bond donors (Lipinski definition) is 1. The summed E-state index contributed by atoms with van der Waals surface area (Å²) in [5.74, 6) is 0.649. The second-order valence-electron chi connectivity index (χ2n) is 5.68. The summed E-state index contributed by atoms with van der Waals surface area (Å²) in [5, 5.41) is 0. The Morgan fingerprint density at radius 3 is 2.22 bits per heavy atom. The van der Waals surface area contributed by atoms with E-state index in [0.717, 1.165) is 19.3 Å². The van der Waals surface area contributed by atoms with Gasteiger partial charge in [0.2, 0.25) is 0 Å². The van der Waals surface area contributed by atoms with Crippen LogP contribution in [0.25, 0.3) is 0 Å². The molecule has 0 amide bonds. The number of unbranched alkanes of at least 4 members (excludes halogenated alkanes) is 6. The van der Waals surface area contributed by atoms with Crippen molar-refractivity contribution in [2.45, 2.75) is 64.4 Å². The summed E-state index contributed by atoms with van der Waals surface area (Å²) in [6.07, 6.45) is 7.83. The van der Waals surface area contributed by atoms with E-state index in [1.165, 1.54) is 25.7 Å². The van der Waals surface area contributed by atoms with Crippen LogP contribution in [-0.4, -0.2) is 25.7 Å². The lowest BCUT2D eigenvalue weighted by molar-refractivity contribution is 0.110. The Kier molecular flexibility index (Phi) is 9.91. The van der Waals surface area contributed by atoms with Crippen LogP contribution in [0.5, 0.6) is 5.75 Å². The highest BCUT2D eigenvalue weighted by Gasteiger charge is 2.17. The van der Waals surface area contributed by atoms with Gasteiger partial charge >= 0.3 is 10.4 Å². The second-order valence-corrected chi connectivity index (χ2v) is 6.73. The van der Waals surface area contributed by atoms with E-state index in [4.69, 9.17) is 13.5 Å².